The number of hydrogen-bond acceptors (Lipinski definition) is 5. The van der Waals surface area contributed by atoms with Gasteiger partial charge in [-0.05, 0) is 24.3 Å². The molecule has 0 unspecified atom stereocenters. The average Bonchev–Trinajstić information content (AvgIpc) is 3.07. The summed E-state index contributed by atoms with van der Waals surface area (Å²) in [6.07, 6.45) is 1.34. The zero-order valence-corrected chi connectivity index (χ0v) is 13.1. The number of carbonyl (C=O) groups excluding carboxylic acids is 1. The molecular formula is C17H10ClN5O. The van der Waals surface area contributed by atoms with Crippen LogP contribution < -0.4 is 0 Å². The van der Waals surface area contributed by atoms with Crippen LogP contribution in [-0.2, 0) is 0 Å². The predicted molar refractivity (Wildman–Crippen MR) is 89.3 cm³/mol. The Balaban J connectivity index is 1.85. The van der Waals surface area contributed by atoms with Crippen LogP contribution in [0.25, 0.3) is 16.9 Å². The van der Waals surface area contributed by atoms with Gasteiger partial charge in [-0.2, -0.15) is 4.68 Å². The first-order valence-corrected chi connectivity index (χ1v) is 7.54. The molecule has 0 saturated heterocycles. The lowest BCUT2D eigenvalue weighted by molar-refractivity contribution is 0.103. The van der Waals surface area contributed by atoms with Gasteiger partial charge in [-0.25, -0.2) is 9.97 Å². The van der Waals surface area contributed by atoms with E-state index in [1.54, 1.807) is 53.2 Å². The molecule has 7 heteroatoms. The Kier molecular flexibility index (Phi) is 3.51. The lowest BCUT2D eigenvalue weighted by atomic mass is 10.1. The van der Waals surface area contributed by atoms with Crippen molar-refractivity contribution >= 4 is 28.5 Å². The molecule has 0 radical (unpaired) electrons. The average molecular weight is 336 g/mol. The van der Waals surface area contributed by atoms with E-state index in [0.717, 1.165) is 5.69 Å². The molecule has 2 aromatic heterocycles. The van der Waals surface area contributed by atoms with E-state index >= 15 is 0 Å². The van der Waals surface area contributed by atoms with Crippen molar-refractivity contribution in [1.82, 2.24) is 25.0 Å². The van der Waals surface area contributed by atoms with Gasteiger partial charge < -0.3 is 0 Å². The topological polar surface area (TPSA) is 73.6 Å². The third kappa shape index (κ3) is 2.43. The van der Waals surface area contributed by atoms with Crippen molar-refractivity contribution in [1.29, 1.82) is 0 Å². The summed E-state index contributed by atoms with van der Waals surface area (Å²) in [5.74, 6) is -0.217. The molecule has 0 atom stereocenters. The highest BCUT2D eigenvalue weighted by atomic mass is 35.5. The number of nitrogens with zero attached hydrogens (tertiary/aromatic N) is 5. The molecule has 0 bridgehead atoms. The number of aromatic nitrogens is 5. The Labute approximate surface area is 141 Å². The minimum Gasteiger partial charge on any atom is -0.287 e. The van der Waals surface area contributed by atoms with Gasteiger partial charge in [-0.15, -0.1) is 5.10 Å². The molecule has 0 saturated carbocycles. The van der Waals surface area contributed by atoms with E-state index in [4.69, 9.17) is 11.6 Å². The monoisotopic (exact) mass is 335 g/mol. The van der Waals surface area contributed by atoms with E-state index in [1.807, 2.05) is 6.07 Å². The fourth-order valence-electron chi connectivity index (χ4n) is 2.40. The second kappa shape index (κ2) is 5.82. The molecule has 2 heterocycles. The molecule has 6 nitrogen and oxygen atoms in total. The minimum atomic E-state index is -0.217. The van der Waals surface area contributed by atoms with Gasteiger partial charge in [0.05, 0.1) is 5.69 Å². The van der Waals surface area contributed by atoms with Gasteiger partial charge >= 0.3 is 0 Å². The maximum atomic E-state index is 12.7. The van der Waals surface area contributed by atoms with Crippen LogP contribution >= 0.6 is 11.6 Å². The largest absolute Gasteiger partial charge is 0.287 e. The summed E-state index contributed by atoms with van der Waals surface area (Å²) in [5, 5.41) is 8.82. The molecule has 0 fully saturated rings. The molecule has 0 spiro atoms. The van der Waals surface area contributed by atoms with Crippen LogP contribution in [0.3, 0.4) is 0 Å². The number of carbonyl (C=O) groups is 1. The lowest BCUT2D eigenvalue weighted by Gasteiger charge is -2.02. The standard InChI is InChI=1S/C17H10ClN5O/c18-12-6-8-13(9-7-12)23-17-15(21-22-23)14(19-10-20-17)16(24)11-4-2-1-3-5-11/h1-10H. The molecule has 116 valence electrons. The molecule has 2 aromatic carbocycles. The van der Waals surface area contributed by atoms with Crippen LogP contribution in [0.5, 0.6) is 0 Å². The Morgan fingerprint density at radius 3 is 2.46 bits per heavy atom. The molecule has 0 amide bonds. The first kappa shape index (κ1) is 14.5. The van der Waals surface area contributed by atoms with Crippen molar-refractivity contribution in [2.24, 2.45) is 0 Å². The maximum absolute atomic E-state index is 12.7. The Morgan fingerprint density at radius 2 is 1.71 bits per heavy atom. The van der Waals surface area contributed by atoms with Gasteiger partial charge in [0, 0.05) is 10.6 Å². The molecule has 0 N–H and O–H groups in total. The zero-order valence-electron chi connectivity index (χ0n) is 12.3. The lowest BCUT2D eigenvalue weighted by Crippen LogP contribution is -2.06. The van der Waals surface area contributed by atoms with Crippen molar-refractivity contribution in [3.8, 4) is 5.69 Å². The van der Waals surface area contributed by atoms with Crippen LogP contribution in [0.1, 0.15) is 16.1 Å². The van der Waals surface area contributed by atoms with Crippen LogP contribution in [0, 0.1) is 0 Å². The molecule has 0 aliphatic heterocycles. The number of fused-ring (bicyclic) bond motifs is 1. The molecular weight excluding hydrogens is 326 g/mol. The van der Waals surface area contributed by atoms with Crippen molar-refractivity contribution < 1.29 is 4.79 Å². The smallest absolute Gasteiger partial charge is 0.213 e. The fourth-order valence-corrected chi connectivity index (χ4v) is 2.52. The number of halogens is 1. The fraction of sp³-hybridized carbons (Fsp3) is 0. The third-order valence-electron chi connectivity index (χ3n) is 3.56. The van der Waals surface area contributed by atoms with Gasteiger partial charge in [-0.1, -0.05) is 47.1 Å². The minimum absolute atomic E-state index is 0.217. The van der Waals surface area contributed by atoms with Gasteiger partial charge in [0.2, 0.25) is 5.78 Å². The number of rotatable bonds is 3. The van der Waals surface area contributed by atoms with E-state index in [0.29, 0.717) is 21.7 Å². The SMILES string of the molecule is O=C(c1ccccc1)c1ncnc2c1nnn2-c1ccc(Cl)cc1. The molecule has 0 aliphatic rings. The summed E-state index contributed by atoms with van der Waals surface area (Å²) < 4.78 is 1.55. The first-order valence-electron chi connectivity index (χ1n) is 7.16. The summed E-state index contributed by atoms with van der Waals surface area (Å²) in [5.41, 5.74) is 2.34. The van der Waals surface area contributed by atoms with E-state index in [-0.39, 0.29) is 11.5 Å². The normalized spacial score (nSPS) is 10.9. The van der Waals surface area contributed by atoms with E-state index in [2.05, 4.69) is 20.3 Å². The van der Waals surface area contributed by atoms with E-state index in [9.17, 15) is 4.79 Å². The van der Waals surface area contributed by atoms with Crippen molar-refractivity contribution in [2.45, 2.75) is 0 Å². The highest BCUT2D eigenvalue weighted by Gasteiger charge is 2.19. The van der Waals surface area contributed by atoms with Gasteiger partial charge in [0.1, 0.15) is 12.0 Å². The van der Waals surface area contributed by atoms with E-state index < -0.39 is 0 Å². The molecule has 0 aliphatic carbocycles. The van der Waals surface area contributed by atoms with Crippen LogP contribution in [0.4, 0.5) is 0 Å². The maximum Gasteiger partial charge on any atom is 0.213 e. The highest BCUT2D eigenvalue weighted by molar-refractivity contribution is 6.30. The summed E-state index contributed by atoms with van der Waals surface area (Å²) in [4.78, 5) is 21.0. The summed E-state index contributed by atoms with van der Waals surface area (Å²) in [6, 6.07) is 16.0. The van der Waals surface area contributed by atoms with Crippen molar-refractivity contribution in [3.63, 3.8) is 0 Å². The van der Waals surface area contributed by atoms with Crippen molar-refractivity contribution in [3.05, 3.63) is 77.2 Å². The van der Waals surface area contributed by atoms with Gasteiger partial charge in [-0.3, -0.25) is 4.79 Å². The Hall–Kier alpha value is -3.12. The molecule has 24 heavy (non-hydrogen) atoms. The highest BCUT2D eigenvalue weighted by Crippen LogP contribution is 2.19. The summed E-state index contributed by atoms with van der Waals surface area (Å²) in [7, 11) is 0. The number of benzene rings is 2. The summed E-state index contributed by atoms with van der Waals surface area (Å²) in [6.45, 7) is 0. The van der Waals surface area contributed by atoms with Gasteiger partial charge in [0.15, 0.2) is 11.2 Å². The second-order valence-electron chi connectivity index (χ2n) is 5.07. The van der Waals surface area contributed by atoms with Crippen LogP contribution in [0.15, 0.2) is 60.9 Å². The van der Waals surface area contributed by atoms with Gasteiger partial charge in [0.25, 0.3) is 0 Å². The van der Waals surface area contributed by atoms with Crippen LogP contribution in [0.2, 0.25) is 5.02 Å². The molecule has 4 aromatic rings. The Morgan fingerprint density at radius 1 is 0.958 bits per heavy atom. The van der Waals surface area contributed by atoms with E-state index in [1.165, 1.54) is 6.33 Å². The molecule has 4 rings (SSSR count). The quantitative estimate of drug-likeness (QED) is 0.538. The Bertz CT molecular complexity index is 1030. The van der Waals surface area contributed by atoms with Crippen molar-refractivity contribution in [2.75, 3.05) is 0 Å². The second-order valence-corrected chi connectivity index (χ2v) is 5.50. The number of hydrogen-bond donors (Lipinski definition) is 0. The zero-order chi connectivity index (χ0) is 16.5. The van der Waals surface area contributed by atoms with Crippen LogP contribution in [-0.4, -0.2) is 30.7 Å². The third-order valence-corrected chi connectivity index (χ3v) is 3.81. The number of ketones is 1. The summed E-state index contributed by atoms with van der Waals surface area (Å²) >= 11 is 5.91. The first-order chi connectivity index (χ1) is 11.7. The predicted octanol–water partition coefficient (Wildman–Crippen LogP) is 3.09.